The first-order chi connectivity index (χ1) is 22.8. The predicted molar refractivity (Wildman–Crippen MR) is 192 cm³/mol. The zero-order valence-corrected chi connectivity index (χ0v) is 24.9. The van der Waals surface area contributed by atoms with Gasteiger partial charge in [-0.2, -0.15) is 0 Å². The fraction of sp³-hybridized carbons (Fsp3) is 0. The Labute approximate surface area is 266 Å². The molecule has 0 saturated heterocycles. The molecule has 3 nitrogen and oxygen atoms in total. The SMILES string of the molecule is c1ccc(-c2nc(-c3ccccc3)nc(-c3ccccc3-c3ccc4c(ccc5ccc6c7ccccc7ccc6c54)c3)n2)cc1. The van der Waals surface area contributed by atoms with Crippen molar-refractivity contribution in [3.05, 3.63) is 164 Å². The summed E-state index contributed by atoms with van der Waals surface area (Å²) in [6.45, 7) is 0. The summed E-state index contributed by atoms with van der Waals surface area (Å²) >= 11 is 0. The summed E-state index contributed by atoms with van der Waals surface area (Å²) < 4.78 is 0. The Morgan fingerprint density at radius 3 is 1.59 bits per heavy atom. The second-order valence-electron chi connectivity index (χ2n) is 11.6. The van der Waals surface area contributed by atoms with Crippen LogP contribution in [0.3, 0.4) is 0 Å². The van der Waals surface area contributed by atoms with E-state index in [4.69, 9.17) is 15.0 Å². The molecule has 0 saturated carbocycles. The molecule has 46 heavy (non-hydrogen) atoms. The highest BCUT2D eigenvalue weighted by Crippen LogP contribution is 2.38. The van der Waals surface area contributed by atoms with Crippen LogP contribution in [0, 0.1) is 0 Å². The molecule has 214 valence electrons. The van der Waals surface area contributed by atoms with Crippen molar-refractivity contribution in [2.24, 2.45) is 0 Å². The van der Waals surface area contributed by atoms with Crippen LogP contribution >= 0.6 is 0 Å². The molecule has 0 fully saturated rings. The van der Waals surface area contributed by atoms with Crippen LogP contribution in [0.5, 0.6) is 0 Å². The van der Waals surface area contributed by atoms with E-state index in [2.05, 4.69) is 103 Å². The molecular weight excluding hydrogens is 558 g/mol. The molecule has 1 aromatic heterocycles. The van der Waals surface area contributed by atoms with Crippen molar-refractivity contribution in [2.45, 2.75) is 0 Å². The first kappa shape index (κ1) is 26.2. The van der Waals surface area contributed by atoms with Crippen LogP contribution in [0.15, 0.2) is 164 Å². The van der Waals surface area contributed by atoms with Gasteiger partial charge < -0.3 is 0 Å². The van der Waals surface area contributed by atoms with Crippen LogP contribution in [0.4, 0.5) is 0 Å². The zero-order chi connectivity index (χ0) is 30.5. The Hall–Kier alpha value is -6.19. The third-order valence-electron chi connectivity index (χ3n) is 8.90. The standard InChI is InChI=1S/C43H27N3/c1-3-12-30(13-4-1)41-44-42(31-14-5-2-6-15-31)46-43(45-41)39-18-10-9-17-35(39)32-23-24-36-33(27-32)20-19-29-22-25-37-34-16-8-7-11-28(34)21-26-38(37)40(29)36/h1-27H. The van der Waals surface area contributed by atoms with Crippen molar-refractivity contribution >= 4 is 43.1 Å². The molecule has 0 bridgehead atoms. The van der Waals surface area contributed by atoms with E-state index in [-0.39, 0.29) is 0 Å². The number of benzene rings is 8. The quantitative estimate of drug-likeness (QED) is 0.193. The van der Waals surface area contributed by atoms with Crippen molar-refractivity contribution in [1.29, 1.82) is 0 Å². The van der Waals surface area contributed by atoms with Gasteiger partial charge in [0.05, 0.1) is 0 Å². The second-order valence-corrected chi connectivity index (χ2v) is 11.6. The average Bonchev–Trinajstić information content (AvgIpc) is 3.14. The number of nitrogens with zero attached hydrogens (tertiary/aromatic N) is 3. The molecule has 0 atom stereocenters. The van der Waals surface area contributed by atoms with E-state index in [1.807, 2.05) is 60.7 Å². The molecule has 0 unspecified atom stereocenters. The van der Waals surface area contributed by atoms with Crippen LogP contribution < -0.4 is 0 Å². The molecule has 0 aliphatic carbocycles. The van der Waals surface area contributed by atoms with Crippen molar-refractivity contribution in [3.8, 4) is 45.3 Å². The van der Waals surface area contributed by atoms with E-state index < -0.39 is 0 Å². The molecule has 9 aromatic rings. The fourth-order valence-electron chi connectivity index (χ4n) is 6.68. The summed E-state index contributed by atoms with van der Waals surface area (Å²) in [6, 6.07) is 57.6. The van der Waals surface area contributed by atoms with Crippen LogP contribution in [0.1, 0.15) is 0 Å². The minimum Gasteiger partial charge on any atom is -0.208 e. The van der Waals surface area contributed by atoms with Gasteiger partial charge in [-0.05, 0) is 60.3 Å². The van der Waals surface area contributed by atoms with Gasteiger partial charge in [-0.15, -0.1) is 0 Å². The highest BCUT2D eigenvalue weighted by Gasteiger charge is 2.16. The molecule has 3 heteroatoms. The monoisotopic (exact) mass is 585 g/mol. The third-order valence-corrected chi connectivity index (χ3v) is 8.90. The van der Waals surface area contributed by atoms with Gasteiger partial charge >= 0.3 is 0 Å². The first-order valence-corrected chi connectivity index (χ1v) is 15.5. The maximum Gasteiger partial charge on any atom is 0.164 e. The molecule has 0 aliphatic heterocycles. The maximum absolute atomic E-state index is 5.03. The Morgan fingerprint density at radius 2 is 0.826 bits per heavy atom. The number of rotatable bonds is 4. The van der Waals surface area contributed by atoms with Crippen LogP contribution in [-0.4, -0.2) is 15.0 Å². The van der Waals surface area contributed by atoms with Gasteiger partial charge in [0.2, 0.25) is 0 Å². The zero-order valence-electron chi connectivity index (χ0n) is 24.9. The summed E-state index contributed by atoms with van der Waals surface area (Å²) in [5.74, 6) is 1.96. The second kappa shape index (κ2) is 10.8. The minimum absolute atomic E-state index is 0.653. The Bertz CT molecular complexity index is 2520. The van der Waals surface area contributed by atoms with Crippen LogP contribution in [0.2, 0.25) is 0 Å². The lowest BCUT2D eigenvalue weighted by atomic mass is 9.91. The molecule has 0 amide bonds. The molecule has 0 aliphatic rings. The predicted octanol–water partition coefficient (Wildman–Crippen LogP) is 11.2. The highest BCUT2D eigenvalue weighted by molar-refractivity contribution is 6.24. The van der Waals surface area contributed by atoms with Crippen LogP contribution in [-0.2, 0) is 0 Å². The number of aromatic nitrogens is 3. The van der Waals surface area contributed by atoms with E-state index in [0.717, 1.165) is 27.8 Å². The Morgan fingerprint density at radius 1 is 0.283 bits per heavy atom. The summed E-state index contributed by atoms with van der Waals surface area (Å²) in [4.78, 5) is 14.9. The van der Waals surface area contributed by atoms with Gasteiger partial charge in [0.25, 0.3) is 0 Å². The molecule has 8 aromatic carbocycles. The van der Waals surface area contributed by atoms with E-state index in [1.54, 1.807) is 0 Å². The van der Waals surface area contributed by atoms with Crippen molar-refractivity contribution in [2.75, 3.05) is 0 Å². The molecule has 1 heterocycles. The largest absolute Gasteiger partial charge is 0.208 e. The van der Waals surface area contributed by atoms with E-state index >= 15 is 0 Å². The van der Waals surface area contributed by atoms with Gasteiger partial charge in [-0.25, -0.2) is 15.0 Å². The van der Waals surface area contributed by atoms with E-state index in [0.29, 0.717) is 17.5 Å². The highest BCUT2D eigenvalue weighted by atomic mass is 15.0. The van der Waals surface area contributed by atoms with Gasteiger partial charge in [0.1, 0.15) is 0 Å². The molecule has 0 N–H and O–H groups in total. The van der Waals surface area contributed by atoms with Crippen molar-refractivity contribution < 1.29 is 0 Å². The average molecular weight is 586 g/mol. The van der Waals surface area contributed by atoms with Crippen LogP contribution in [0.25, 0.3) is 88.4 Å². The number of hydrogen-bond acceptors (Lipinski definition) is 3. The maximum atomic E-state index is 5.03. The smallest absolute Gasteiger partial charge is 0.164 e. The lowest BCUT2D eigenvalue weighted by Gasteiger charge is -2.14. The molecule has 9 rings (SSSR count). The third kappa shape index (κ3) is 4.41. The molecule has 0 radical (unpaired) electrons. The lowest BCUT2D eigenvalue weighted by Crippen LogP contribution is -2.01. The minimum atomic E-state index is 0.653. The topological polar surface area (TPSA) is 38.7 Å². The summed E-state index contributed by atoms with van der Waals surface area (Å²) in [6.07, 6.45) is 0. The number of fused-ring (bicyclic) bond motifs is 7. The Kier molecular flexibility index (Phi) is 6.14. The summed E-state index contributed by atoms with van der Waals surface area (Å²) in [5.41, 5.74) is 5.09. The van der Waals surface area contributed by atoms with E-state index in [9.17, 15) is 0 Å². The Balaban J connectivity index is 1.23. The van der Waals surface area contributed by atoms with Gasteiger partial charge in [-0.3, -0.25) is 0 Å². The summed E-state index contributed by atoms with van der Waals surface area (Å²) in [5, 5.41) is 10.1. The number of hydrogen-bond donors (Lipinski definition) is 0. The lowest BCUT2D eigenvalue weighted by molar-refractivity contribution is 1.07. The fourth-order valence-corrected chi connectivity index (χ4v) is 6.68. The first-order valence-electron chi connectivity index (χ1n) is 15.5. The molecular formula is C43H27N3. The van der Waals surface area contributed by atoms with Gasteiger partial charge in [0.15, 0.2) is 17.5 Å². The summed E-state index contributed by atoms with van der Waals surface area (Å²) in [7, 11) is 0. The van der Waals surface area contributed by atoms with Crippen molar-refractivity contribution in [1.82, 2.24) is 15.0 Å². The van der Waals surface area contributed by atoms with Gasteiger partial charge in [-0.1, -0.05) is 158 Å². The van der Waals surface area contributed by atoms with Crippen molar-refractivity contribution in [3.63, 3.8) is 0 Å². The molecule has 0 spiro atoms. The normalized spacial score (nSPS) is 11.5. The van der Waals surface area contributed by atoms with E-state index in [1.165, 1.54) is 43.1 Å². The van der Waals surface area contributed by atoms with Gasteiger partial charge in [0, 0.05) is 16.7 Å².